The van der Waals surface area contributed by atoms with Crippen LogP contribution in [-0.4, -0.2) is 66.1 Å². The Morgan fingerprint density at radius 3 is 2.52 bits per heavy atom. The minimum absolute atomic E-state index is 0. The molecule has 5 rings (SSSR count). The molecule has 1 aromatic heterocycles. The Labute approximate surface area is 190 Å². The second kappa shape index (κ2) is 8.96. The van der Waals surface area contributed by atoms with E-state index < -0.39 is 0 Å². The van der Waals surface area contributed by atoms with Gasteiger partial charge in [0.2, 0.25) is 0 Å². The predicted molar refractivity (Wildman–Crippen MR) is 125 cm³/mol. The van der Waals surface area contributed by atoms with Crippen LogP contribution in [0.15, 0.2) is 22.6 Å². The van der Waals surface area contributed by atoms with Gasteiger partial charge in [-0.15, -0.1) is 12.4 Å². The van der Waals surface area contributed by atoms with Crippen LogP contribution in [0.2, 0.25) is 0 Å². The summed E-state index contributed by atoms with van der Waals surface area (Å²) in [7, 11) is 2.24. The van der Waals surface area contributed by atoms with Gasteiger partial charge in [0.25, 0.3) is 11.9 Å². The van der Waals surface area contributed by atoms with Gasteiger partial charge >= 0.3 is 0 Å². The number of piperazine rings is 1. The van der Waals surface area contributed by atoms with E-state index in [1.165, 1.54) is 19.3 Å². The number of fused-ring (bicyclic) bond motifs is 3. The van der Waals surface area contributed by atoms with Crippen molar-refractivity contribution in [3.63, 3.8) is 0 Å². The van der Waals surface area contributed by atoms with E-state index in [0.717, 1.165) is 25.9 Å². The Balaban J connectivity index is 0.00000231. The molecule has 2 bridgehead atoms. The van der Waals surface area contributed by atoms with E-state index in [1.807, 2.05) is 18.2 Å². The van der Waals surface area contributed by atoms with Crippen molar-refractivity contribution in [3.05, 3.63) is 23.8 Å². The van der Waals surface area contributed by atoms with Crippen LogP contribution in [0.4, 0.5) is 6.01 Å². The first-order valence-electron chi connectivity index (χ1n) is 11.4. The maximum absolute atomic E-state index is 13.2. The number of para-hydroxylation sites is 1. The molecule has 2 N–H and O–H groups in total. The molecule has 8 heteroatoms. The molecule has 2 unspecified atom stereocenters. The van der Waals surface area contributed by atoms with Crippen LogP contribution in [0.25, 0.3) is 11.1 Å². The largest absolute Gasteiger partial charge is 0.423 e. The molecule has 31 heavy (non-hydrogen) atoms. The summed E-state index contributed by atoms with van der Waals surface area (Å²) in [6.07, 6.45) is 5.86. The van der Waals surface area contributed by atoms with E-state index in [9.17, 15) is 4.79 Å². The van der Waals surface area contributed by atoms with Gasteiger partial charge in [0, 0.05) is 43.3 Å². The number of benzene rings is 1. The zero-order valence-electron chi connectivity index (χ0n) is 18.6. The van der Waals surface area contributed by atoms with Crippen LogP contribution in [0.1, 0.15) is 56.3 Å². The number of nitrogens with zero attached hydrogens (tertiary/aromatic N) is 3. The van der Waals surface area contributed by atoms with Crippen molar-refractivity contribution in [2.45, 2.75) is 76.2 Å². The van der Waals surface area contributed by atoms with Crippen LogP contribution in [-0.2, 0) is 0 Å². The molecule has 0 radical (unpaired) electrons. The summed E-state index contributed by atoms with van der Waals surface area (Å²) in [6, 6.07) is 8.26. The molecule has 0 saturated carbocycles. The number of carbonyl (C=O) groups excluding carboxylic acids is 1. The van der Waals surface area contributed by atoms with Crippen molar-refractivity contribution < 1.29 is 9.21 Å². The third-order valence-corrected chi connectivity index (χ3v) is 7.38. The van der Waals surface area contributed by atoms with E-state index in [4.69, 9.17) is 9.40 Å². The number of halogens is 1. The highest BCUT2D eigenvalue weighted by atomic mass is 35.5. The lowest BCUT2D eigenvalue weighted by Gasteiger charge is -2.47. The summed E-state index contributed by atoms with van der Waals surface area (Å²) in [5.74, 6) is -0.0329. The van der Waals surface area contributed by atoms with E-state index in [0.29, 0.717) is 34.8 Å². The highest BCUT2D eigenvalue weighted by molar-refractivity contribution is 6.04. The first kappa shape index (κ1) is 22.4. The second-order valence-corrected chi connectivity index (χ2v) is 9.46. The number of aromatic nitrogens is 1. The fraction of sp³-hybridized carbons (Fsp3) is 0.652. The lowest BCUT2D eigenvalue weighted by molar-refractivity contribution is 0.0463. The molecule has 3 aliphatic heterocycles. The lowest BCUT2D eigenvalue weighted by atomic mass is 9.82. The molecule has 170 valence electrons. The maximum Gasteiger partial charge on any atom is 0.298 e. The van der Waals surface area contributed by atoms with Gasteiger partial charge in [-0.1, -0.05) is 12.5 Å². The van der Waals surface area contributed by atoms with Crippen molar-refractivity contribution >= 4 is 35.4 Å². The standard InChI is InChI=1S/C23H33N5O2.ClH/c1-14-12-24-13-15(2)28(14)23-26-21-19(8-5-9-20(21)30-23)22(29)25-16-10-17-6-4-7-18(11-16)27(17)3;/h5,8-9,14-18,24H,4,6-7,10-13H2,1-3H3,(H,25,29);1H/t14-,15-,16?,17?,18?;/m1./s1. The first-order chi connectivity index (χ1) is 14.5. The number of anilines is 1. The average Bonchev–Trinajstić information content (AvgIpc) is 3.12. The highest BCUT2D eigenvalue weighted by Crippen LogP contribution is 2.33. The first-order valence-corrected chi connectivity index (χ1v) is 11.4. The molecular weight excluding hydrogens is 414 g/mol. The Bertz CT molecular complexity index is 910. The van der Waals surface area contributed by atoms with Crippen molar-refractivity contribution in [1.29, 1.82) is 0 Å². The summed E-state index contributed by atoms with van der Waals surface area (Å²) in [5.41, 5.74) is 1.95. The van der Waals surface area contributed by atoms with Crippen LogP contribution in [0.5, 0.6) is 0 Å². The van der Waals surface area contributed by atoms with E-state index in [-0.39, 0.29) is 36.4 Å². The third-order valence-electron chi connectivity index (χ3n) is 7.38. The monoisotopic (exact) mass is 447 g/mol. The molecule has 3 saturated heterocycles. The predicted octanol–water partition coefficient (Wildman–Crippen LogP) is 3.18. The van der Waals surface area contributed by atoms with Gasteiger partial charge in [-0.2, -0.15) is 4.98 Å². The van der Waals surface area contributed by atoms with Gasteiger partial charge < -0.3 is 24.9 Å². The number of oxazole rings is 1. The number of nitrogens with one attached hydrogen (secondary N) is 2. The van der Waals surface area contributed by atoms with Gasteiger partial charge in [0.1, 0.15) is 5.52 Å². The Morgan fingerprint density at radius 2 is 1.84 bits per heavy atom. The molecule has 0 aliphatic carbocycles. The minimum atomic E-state index is -0.0329. The summed E-state index contributed by atoms with van der Waals surface area (Å²) in [6.45, 7) is 6.13. The van der Waals surface area contributed by atoms with Crippen LogP contribution >= 0.6 is 12.4 Å². The fourth-order valence-corrected chi connectivity index (χ4v) is 5.74. The van der Waals surface area contributed by atoms with E-state index in [1.54, 1.807) is 0 Å². The number of carbonyl (C=O) groups is 1. The molecule has 2 aromatic rings. The van der Waals surface area contributed by atoms with Crippen molar-refractivity contribution in [2.24, 2.45) is 0 Å². The van der Waals surface area contributed by atoms with Gasteiger partial charge in [0.05, 0.1) is 5.56 Å². The Kier molecular flexibility index (Phi) is 6.47. The summed E-state index contributed by atoms with van der Waals surface area (Å²) in [5, 5.41) is 6.75. The molecule has 7 nitrogen and oxygen atoms in total. The summed E-state index contributed by atoms with van der Waals surface area (Å²) >= 11 is 0. The SMILES string of the molecule is C[C@@H]1CNC[C@@H](C)N1c1nc2c(C(=O)NC3CC4CCCC(C3)N4C)cccc2o1.Cl. The van der Waals surface area contributed by atoms with Gasteiger partial charge in [-0.3, -0.25) is 4.79 Å². The number of hydrogen-bond donors (Lipinski definition) is 2. The molecule has 1 aromatic carbocycles. The average molecular weight is 448 g/mol. The van der Waals surface area contributed by atoms with Gasteiger partial charge in [0.15, 0.2) is 5.58 Å². The van der Waals surface area contributed by atoms with Crippen LogP contribution in [0.3, 0.4) is 0 Å². The normalized spacial score (nSPS) is 31.3. The number of hydrogen-bond acceptors (Lipinski definition) is 6. The molecule has 3 aliphatic rings. The molecule has 4 heterocycles. The molecule has 0 spiro atoms. The quantitative estimate of drug-likeness (QED) is 0.752. The van der Waals surface area contributed by atoms with E-state index in [2.05, 4.69) is 41.3 Å². The zero-order valence-corrected chi connectivity index (χ0v) is 19.5. The second-order valence-electron chi connectivity index (χ2n) is 9.46. The highest BCUT2D eigenvalue weighted by Gasteiger charge is 2.37. The smallest absolute Gasteiger partial charge is 0.298 e. The summed E-state index contributed by atoms with van der Waals surface area (Å²) < 4.78 is 6.10. The lowest BCUT2D eigenvalue weighted by Crippen LogP contribution is -2.55. The Morgan fingerprint density at radius 1 is 1.16 bits per heavy atom. The van der Waals surface area contributed by atoms with Crippen LogP contribution < -0.4 is 15.5 Å². The van der Waals surface area contributed by atoms with Crippen molar-refractivity contribution in [2.75, 3.05) is 25.0 Å². The molecular formula is C23H34ClN5O2. The van der Waals surface area contributed by atoms with Crippen LogP contribution in [0, 0.1) is 0 Å². The third kappa shape index (κ3) is 4.15. The van der Waals surface area contributed by atoms with Gasteiger partial charge in [-0.25, -0.2) is 0 Å². The number of amides is 1. The van der Waals surface area contributed by atoms with Crippen molar-refractivity contribution in [1.82, 2.24) is 20.5 Å². The number of piperidine rings is 2. The summed E-state index contributed by atoms with van der Waals surface area (Å²) in [4.78, 5) is 22.7. The topological polar surface area (TPSA) is 73.6 Å². The van der Waals surface area contributed by atoms with Crippen molar-refractivity contribution in [3.8, 4) is 0 Å². The zero-order chi connectivity index (χ0) is 20.8. The molecule has 3 fully saturated rings. The molecule has 4 atom stereocenters. The maximum atomic E-state index is 13.2. The Hall–Kier alpha value is -1.83. The van der Waals surface area contributed by atoms with Gasteiger partial charge in [-0.05, 0) is 58.7 Å². The number of rotatable bonds is 3. The minimum Gasteiger partial charge on any atom is -0.423 e. The van der Waals surface area contributed by atoms with E-state index >= 15 is 0 Å². The fourth-order valence-electron chi connectivity index (χ4n) is 5.74. The molecule has 1 amide bonds.